The lowest BCUT2D eigenvalue weighted by atomic mass is 10.1. The maximum absolute atomic E-state index is 13.5. The quantitative estimate of drug-likeness (QED) is 0.791. The minimum atomic E-state index is -1.03. The van der Waals surface area contributed by atoms with Gasteiger partial charge >= 0.3 is 0 Å². The third-order valence-corrected chi connectivity index (χ3v) is 3.72. The summed E-state index contributed by atoms with van der Waals surface area (Å²) in [4.78, 5) is 16.4. The van der Waals surface area contributed by atoms with Crippen LogP contribution in [0.25, 0.3) is 0 Å². The highest BCUT2D eigenvalue weighted by Gasteiger charge is 2.17. The zero-order valence-corrected chi connectivity index (χ0v) is 11.7. The third-order valence-electron chi connectivity index (χ3n) is 3.72. The van der Waals surface area contributed by atoms with E-state index in [0.29, 0.717) is 6.54 Å². The summed E-state index contributed by atoms with van der Waals surface area (Å²) < 4.78 is 26.6. The molecule has 0 bridgehead atoms. The van der Waals surface area contributed by atoms with Crippen LogP contribution in [0, 0.1) is 11.6 Å². The first kappa shape index (κ1) is 15.1. The fourth-order valence-electron chi connectivity index (χ4n) is 2.44. The molecular formula is C15H20F2N2O. The molecule has 1 fully saturated rings. The number of ketones is 1. The molecular weight excluding hydrogens is 262 g/mol. The maximum atomic E-state index is 13.5. The number of hydrogen-bond acceptors (Lipinski definition) is 3. The molecule has 0 unspecified atom stereocenters. The summed E-state index contributed by atoms with van der Waals surface area (Å²) in [5.74, 6) is -2.33. The van der Waals surface area contributed by atoms with Crippen molar-refractivity contribution in [3.05, 3.63) is 35.4 Å². The van der Waals surface area contributed by atoms with Crippen LogP contribution in [0.2, 0.25) is 0 Å². The number of carbonyl (C=O) groups is 1. The van der Waals surface area contributed by atoms with Gasteiger partial charge in [0, 0.05) is 26.1 Å². The van der Waals surface area contributed by atoms with Gasteiger partial charge in [-0.05, 0) is 38.7 Å². The molecule has 5 heteroatoms. The topological polar surface area (TPSA) is 23.6 Å². The van der Waals surface area contributed by atoms with Gasteiger partial charge < -0.3 is 9.80 Å². The van der Waals surface area contributed by atoms with Gasteiger partial charge in [0.2, 0.25) is 0 Å². The summed E-state index contributed by atoms with van der Waals surface area (Å²) in [7, 11) is 2.08. The molecule has 1 aliphatic rings. The molecule has 1 aromatic rings. The van der Waals surface area contributed by atoms with Crippen molar-refractivity contribution in [2.75, 3.05) is 39.8 Å². The SMILES string of the molecule is CN1CCCN(CCC(=O)c2cccc(F)c2F)CC1. The van der Waals surface area contributed by atoms with Crippen LogP contribution in [0.3, 0.4) is 0 Å². The average Bonchev–Trinajstić information content (AvgIpc) is 2.64. The molecule has 2 rings (SSSR count). The average molecular weight is 282 g/mol. The van der Waals surface area contributed by atoms with E-state index in [1.54, 1.807) is 0 Å². The molecule has 20 heavy (non-hydrogen) atoms. The molecule has 1 heterocycles. The number of nitrogens with zero attached hydrogens (tertiary/aromatic N) is 2. The van der Waals surface area contributed by atoms with Crippen LogP contribution in [-0.2, 0) is 0 Å². The third kappa shape index (κ3) is 3.84. The standard InChI is InChI=1S/C15H20F2N2O/c1-18-7-3-8-19(11-10-18)9-6-14(20)12-4-2-5-13(16)15(12)17/h2,4-5H,3,6-11H2,1H3. The van der Waals surface area contributed by atoms with Gasteiger partial charge in [-0.1, -0.05) is 6.07 Å². The number of rotatable bonds is 4. The van der Waals surface area contributed by atoms with Gasteiger partial charge in [0.05, 0.1) is 5.56 Å². The lowest BCUT2D eigenvalue weighted by molar-refractivity contribution is 0.0960. The number of carbonyl (C=O) groups excluding carboxylic acids is 1. The number of likely N-dealkylation sites (N-methyl/N-ethyl adjacent to an activating group) is 1. The molecule has 0 aliphatic carbocycles. The van der Waals surface area contributed by atoms with Crippen molar-refractivity contribution in [3.8, 4) is 0 Å². The smallest absolute Gasteiger partial charge is 0.169 e. The van der Waals surface area contributed by atoms with E-state index in [1.807, 2.05) is 0 Å². The summed E-state index contributed by atoms with van der Waals surface area (Å²) in [6.45, 7) is 4.49. The van der Waals surface area contributed by atoms with Crippen molar-refractivity contribution in [3.63, 3.8) is 0 Å². The van der Waals surface area contributed by atoms with E-state index in [-0.39, 0.29) is 17.8 Å². The maximum Gasteiger partial charge on any atom is 0.169 e. The van der Waals surface area contributed by atoms with Crippen molar-refractivity contribution in [1.29, 1.82) is 0 Å². The van der Waals surface area contributed by atoms with Gasteiger partial charge in [0.15, 0.2) is 17.4 Å². The zero-order chi connectivity index (χ0) is 14.5. The van der Waals surface area contributed by atoms with Gasteiger partial charge in [-0.3, -0.25) is 4.79 Å². The molecule has 1 aliphatic heterocycles. The van der Waals surface area contributed by atoms with E-state index in [9.17, 15) is 13.6 Å². The van der Waals surface area contributed by atoms with Crippen LogP contribution in [-0.4, -0.2) is 55.4 Å². The summed E-state index contributed by atoms with van der Waals surface area (Å²) in [6.07, 6.45) is 1.29. The number of benzene rings is 1. The van der Waals surface area contributed by atoms with Gasteiger partial charge in [0.1, 0.15) is 0 Å². The molecule has 0 spiro atoms. The van der Waals surface area contributed by atoms with E-state index in [0.717, 1.165) is 38.7 Å². The van der Waals surface area contributed by atoms with Gasteiger partial charge in [0.25, 0.3) is 0 Å². The Kier molecular flexibility index (Phi) is 5.20. The molecule has 0 saturated carbocycles. The second-order valence-electron chi connectivity index (χ2n) is 5.27. The van der Waals surface area contributed by atoms with Crippen LogP contribution in [0.5, 0.6) is 0 Å². The first-order valence-corrected chi connectivity index (χ1v) is 6.96. The first-order chi connectivity index (χ1) is 9.58. The Hall–Kier alpha value is -1.33. The Labute approximate surface area is 118 Å². The molecule has 0 N–H and O–H groups in total. The lowest BCUT2D eigenvalue weighted by Gasteiger charge is -2.19. The van der Waals surface area contributed by atoms with Crippen LogP contribution < -0.4 is 0 Å². The van der Waals surface area contributed by atoms with Crippen molar-refractivity contribution in [2.45, 2.75) is 12.8 Å². The highest BCUT2D eigenvalue weighted by molar-refractivity contribution is 5.96. The molecule has 0 radical (unpaired) electrons. The molecule has 1 aromatic carbocycles. The van der Waals surface area contributed by atoms with E-state index in [2.05, 4.69) is 16.8 Å². The van der Waals surface area contributed by atoms with Gasteiger partial charge in [-0.25, -0.2) is 8.78 Å². The Morgan fingerprint density at radius 2 is 2.00 bits per heavy atom. The summed E-state index contributed by atoms with van der Waals surface area (Å²) in [5.41, 5.74) is -0.142. The van der Waals surface area contributed by atoms with Crippen molar-refractivity contribution in [1.82, 2.24) is 9.80 Å². The van der Waals surface area contributed by atoms with E-state index in [1.165, 1.54) is 12.1 Å². The fraction of sp³-hybridized carbons (Fsp3) is 0.533. The van der Waals surface area contributed by atoms with Crippen molar-refractivity contribution in [2.24, 2.45) is 0 Å². The Bertz CT molecular complexity index is 479. The van der Waals surface area contributed by atoms with Crippen molar-refractivity contribution >= 4 is 5.78 Å². The highest BCUT2D eigenvalue weighted by atomic mass is 19.2. The number of Topliss-reactive ketones (excluding diaryl/α,β-unsaturated/α-hetero) is 1. The van der Waals surface area contributed by atoms with Crippen molar-refractivity contribution < 1.29 is 13.6 Å². The normalized spacial score (nSPS) is 17.9. The number of halogens is 2. The second kappa shape index (κ2) is 6.90. The van der Waals surface area contributed by atoms with E-state index < -0.39 is 11.6 Å². The molecule has 0 atom stereocenters. The van der Waals surface area contributed by atoms with Gasteiger partial charge in [-0.2, -0.15) is 0 Å². The minimum Gasteiger partial charge on any atom is -0.305 e. The highest BCUT2D eigenvalue weighted by Crippen LogP contribution is 2.14. The first-order valence-electron chi connectivity index (χ1n) is 6.96. The second-order valence-corrected chi connectivity index (χ2v) is 5.27. The van der Waals surface area contributed by atoms with Crippen LogP contribution in [0.15, 0.2) is 18.2 Å². The molecule has 0 aromatic heterocycles. The number of hydrogen-bond donors (Lipinski definition) is 0. The lowest BCUT2D eigenvalue weighted by Crippen LogP contribution is -2.30. The van der Waals surface area contributed by atoms with Crippen LogP contribution in [0.1, 0.15) is 23.2 Å². The minimum absolute atomic E-state index is 0.142. The predicted molar refractivity (Wildman–Crippen MR) is 73.9 cm³/mol. The van der Waals surface area contributed by atoms with Crippen LogP contribution >= 0.6 is 0 Å². The van der Waals surface area contributed by atoms with E-state index >= 15 is 0 Å². The van der Waals surface area contributed by atoms with Crippen LogP contribution in [0.4, 0.5) is 8.78 Å². The Balaban J connectivity index is 1.90. The van der Waals surface area contributed by atoms with E-state index in [4.69, 9.17) is 0 Å². The zero-order valence-electron chi connectivity index (χ0n) is 11.7. The monoisotopic (exact) mass is 282 g/mol. The fourth-order valence-corrected chi connectivity index (χ4v) is 2.44. The molecule has 110 valence electrons. The Morgan fingerprint density at radius 1 is 1.20 bits per heavy atom. The molecule has 0 amide bonds. The van der Waals surface area contributed by atoms with Gasteiger partial charge in [-0.15, -0.1) is 0 Å². The summed E-state index contributed by atoms with van der Waals surface area (Å²) in [6, 6.07) is 3.74. The summed E-state index contributed by atoms with van der Waals surface area (Å²) in [5, 5.41) is 0. The largest absolute Gasteiger partial charge is 0.305 e. The Morgan fingerprint density at radius 3 is 2.80 bits per heavy atom. The molecule has 1 saturated heterocycles. The predicted octanol–water partition coefficient (Wildman–Crippen LogP) is 2.18. The summed E-state index contributed by atoms with van der Waals surface area (Å²) >= 11 is 0. The molecule has 3 nitrogen and oxygen atoms in total.